The summed E-state index contributed by atoms with van der Waals surface area (Å²) in [5.41, 5.74) is 1.36. The molecule has 152 valence electrons. The van der Waals surface area contributed by atoms with E-state index in [-0.39, 0.29) is 17.5 Å². The lowest BCUT2D eigenvalue weighted by molar-refractivity contribution is 0.0905. The predicted octanol–water partition coefficient (Wildman–Crippen LogP) is 2.93. The minimum Gasteiger partial charge on any atom is -0.383 e. The highest BCUT2D eigenvalue weighted by Crippen LogP contribution is 2.27. The van der Waals surface area contributed by atoms with Crippen molar-refractivity contribution < 1.29 is 18.3 Å². The number of carbonyl (C=O) groups excluding carboxylic acids is 1. The number of halogens is 2. The molecule has 0 aliphatic heterocycles. The summed E-state index contributed by atoms with van der Waals surface area (Å²) < 4.78 is 34.3. The van der Waals surface area contributed by atoms with E-state index in [1.807, 2.05) is 13.8 Å². The molecule has 0 aliphatic rings. The van der Waals surface area contributed by atoms with Gasteiger partial charge in [0.15, 0.2) is 5.82 Å². The van der Waals surface area contributed by atoms with Crippen LogP contribution in [0.2, 0.25) is 0 Å². The van der Waals surface area contributed by atoms with Gasteiger partial charge in [-0.1, -0.05) is 6.92 Å². The van der Waals surface area contributed by atoms with Gasteiger partial charge in [0.05, 0.1) is 12.3 Å². The van der Waals surface area contributed by atoms with Gasteiger partial charge in [-0.3, -0.25) is 4.79 Å². The largest absolute Gasteiger partial charge is 0.383 e. The first-order chi connectivity index (χ1) is 13.9. The Bertz CT molecular complexity index is 1020. The normalized spacial score (nSPS) is 12.0. The van der Waals surface area contributed by atoms with Crippen LogP contribution in [0.5, 0.6) is 0 Å². The van der Waals surface area contributed by atoms with Crippen molar-refractivity contribution >= 4 is 5.91 Å². The maximum atomic E-state index is 14.4. The van der Waals surface area contributed by atoms with Crippen molar-refractivity contribution in [1.82, 2.24) is 25.5 Å². The first-order valence-electron chi connectivity index (χ1n) is 9.10. The summed E-state index contributed by atoms with van der Waals surface area (Å²) in [6, 6.07) is 7.90. The van der Waals surface area contributed by atoms with E-state index >= 15 is 0 Å². The summed E-state index contributed by atoms with van der Waals surface area (Å²) in [6.45, 7) is 4.05. The summed E-state index contributed by atoms with van der Waals surface area (Å²) in [4.78, 5) is 12.7. The highest BCUT2D eigenvalue weighted by atomic mass is 19.1. The Hall–Kier alpha value is -3.20. The summed E-state index contributed by atoms with van der Waals surface area (Å²) in [5.74, 6) is -1.18. The van der Waals surface area contributed by atoms with Crippen LogP contribution in [-0.2, 0) is 11.2 Å². The molecule has 7 nitrogen and oxygen atoms in total. The molecule has 1 unspecified atom stereocenters. The standard InChI is InChI=1S/C20H21F2N5O2/c1-4-19-24-25-26-27(19)16-8-13(17-6-5-15(21)10-18(17)22)7-14(9-16)20(28)23-12(2)11-29-3/h5-10,12H,4,11H2,1-3H3,(H,23,28). The maximum absolute atomic E-state index is 14.4. The van der Waals surface area contributed by atoms with E-state index < -0.39 is 11.6 Å². The zero-order valence-corrected chi connectivity index (χ0v) is 16.3. The SMILES string of the molecule is CCc1nnnn1-c1cc(C(=O)NC(C)COC)cc(-c2ccc(F)cc2F)c1. The number of aryl methyl sites for hydroxylation is 1. The van der Waals surface area contributed by atoms with Crippen molar-refractivity contribution in [2.24, 2.45) is 0 Å². The molecule has 0 saturated heterocycles. The van der Waals surface area contributed by atoms with Crippen LogP contribution in [0.3, 0.4) is 0 Å². The first kappa shape index (κ1) is 20.5. The Morgan fingerprint density at radius 3 is 2.72 bits per heavy atom. The molecule has 2 aromatic carbocycles. The Morgan fingerprint density at radius 1 is 1.24 bits per heavy atom. The minimum atomic E-state index is -0.728. The lowest BCUT2D eigenvalue weighted by atomic mass is 10.0. The average Bonchev–Trinajstić information content (AvgIpc) is 3.16. The van der Waals surface area contributed by atoms with Gasteiger partial charge >= 0.3 is 0 Å². The lowest BCUT2D eigenvalue weighted by Gasteiger charge is -2.15. The third kappa shape index (κ3) is 4.62. The van der Waals surface area contributed by atoms with Gasteiger partial charge in [0.25, 0.3) is 5.91 Å². The Labute approximate surface area is 166 Å². The molecule has 0 spiro atoms. The third-order valence-corrected chi connectivity index (χ3v) is 4.31. The number of carbonyl (C=O) groups is 1. The molecule has 3 rings (SSSR count). The van der Waals surface area contributed by atoms with Crippen molar-refractivity contribution in [2.45, 2.75) is 26.3 Å². The molecule has 0 aliphatic carbocycles. The van der Waals surface area contributed by atoms with Gasteiger partial charge in [-0.15, -0.1) is 5.10 Å². The minimum absolute atomic E-state index is 0.165. The number of tetrazole rings is 1. The van der Waals surface area contributed by atoms with E-state index in [1.165, 1.54) is 16.8 Å². The van der Waals surface area contributed by atoms with E-state index in [2.05, 4.69) is 20.8 Å². The first-order valence-corrected chi connectivity index (χ1v) is 9.10. The number of ether oxygens (including phenoxy) is 1. The average molecular weight is 401 g/mol. The van der Waals surface area contributed by atoms with Crippen molar-refractivity contribution in [3.05, 3.63) is 59.4 Å². The highest BCUT2D eigenvalue weighted by molar-refractivity contribution is 5.96. The smallest absolute Gasteiger partial charge is 0.251 e. The summed E-state index contributed by atoms with van der Waals surface area (Å²) in [7, 11) is 1.54. The molecule has 29 heavy (non-hydrogen) atoms. The fourth-order valence-electron chi connectivity index (χ4n) is 2.97. The maximum Gasteiger partial charge on any atom is 0.251 e. The van der Waals surface area contributed by atoms with Crippen LogP contribution >= 0.6 is 0 Å². The number of nitrogens with one attached hydrogen (secondary N) is 1. The Kier molecular flexibility index (Phi) is 6.28. The van der Waals surface area contributed by atoms with Crippen LogP contribution in [-0.4, -0.2) is 45.9 Å². The van der Waals surface area contributed by atoms with Gasteiger partial charge in [0.1, 0.15) is 11.6 Å². The Balaban J connectivity index is 2.10. The molecule has 9 heteroatoms. The topological polar surface area (TPSA) is 81.9 Å². The number of aromatic nitrogens is 4. The van der Waals surface area contributed by atoms with E-state index in [0.29, 0.717) is 35.7 Å². The van der Waals surface area contributed by atoms with Crippen molar-refractivity contribution in [3.63, 3.8) is 0 Å². The van der Waals surface area contributed by atoms with Crippen LogP contribution in [0.1, 0.15) is 30.0 Å². The summed E-state index contributed by atoms with van der Waals surface area (Å²) in [5, 5.41) is 14.4. The van der Waals surface area contributed by atoms with Crippen molar-refractivity contribution in [3.8, 4) is 16.8 Å². The van der Waals surface area contributed by atoms with Gasteiger partial charge in [0.2, 0.25) is 0 Å². The van der Waals surface area contributed by atoms with Crippen molar-refractivity contribution in [2.75, 3.05) is 13.7 Å². The number of nitrogens with zero attached hydrogens (tertiary/aromatic N) is 4. The Morgan fingerprint density at radius 2 is 2.03 bits per heavy atom. The number of amides is 1. The third-order valence-electron chi connectivity index (χ3n) is 4.31. The zero-order chi connectivity index (χ0) is 21.0. The number of methoxy groups -OCH3 is 1. The fourth-order valence-corrected chi connectivity index (χ4v) is 2.97. The molecular weight excluding hydrogens is 380 g/mol. The number of hydrogen-bond acceptors (Lipinski definition) is 5. The van der Waals surface area contributed by atoms with E-state index in [9.17, 15) is 13.6 Å². The van der Waals surface area contributed by atoms with Gasteiger partial charge in [-0.25, -0.2) is 8.78 Å². The monoisotopic (exact) mass is 401 g/mol. The van der Waals surface area contributed by atoms with Crippen LogP contribution in [0, 0.1) is 11.6 Å². The van der Waals surface area contributed by atoms with Gasteiger partial charge in [-0.2, -0.15) is 4.68 Å². The molecule has 0 fully saturated rings. The fraction of sp³-hybridized carbons (Fsp3) is 0.300. The molecular formula is C20H21F2N5O2. The molecule has 1 N–H and O–H groups in total. The van der Waals surface area contributed by atoms with Gasteiger partial charge < -0.3 is 10.1 Å². The molecule has 0 radical (unpaired) electrons. The molecule has 1 atom stereocenters. The summed E-state index contributed by atoms with van der Waals surface area (Å²) in [6.07, 6.45) is 0.564. The predicted molar refractivity (Wildman–Crippen MR) is 103 cm³/mol. The van der Waals surface area contributed by atoms with E-state index in [4.69, 9.17) is 4.74 Å². The molecule has 1 aromatic heterocycles. The summed E-state index contributed by atoms with van der Waals surface area (Å²) >= 11 is 0. The quantitative estimate of drug-likeness (QED) is 0.658. The lowest BCUT2D eigenvalue weighted by Crippen LogP contribution is -2.35. The second-order valence-electron chi connectivity index (χ2n) is 6.58. The van der Waals surface area contributed by atoms with Crippen LogP contribution in [0.25, 0.3) is 16.8 Å². The van der Waals surface area contributed by atoms with Crippen LogP contribution < -0.4 is 5.32 Å². The van der Waals surface area contributed by atoms with Gasteiger partial charge in [0, 0.05) is 36.8 Å². The second-order valence-corrected chi connectivity index (χ2v) is 6.58. The molecule has 3 aromatic rings. The van der Waals surface area contributed by atoms with Crippen LogP contribution in [0.15, 0.2) is 36.4 Å². The number of benzene rings is 2. The van der Waals surface area contributed by atoms with E-state index in [1.54, 1.807) is 25.3 Å². The second kappa shape index (κ2) is 8.87. The number of rotatable bonds is 7. The highest BCUT2D eigenvalue weighted by Gasteiger charge is 2.17. The van der Waals surface area contributed by atoms with Crippen LogP contribution in [0.4, 0.5) is 8.78 Å². The van der Waals surface area contributed by atoms with Crippen molar-refractivity contribution in [1.29, 1.82) is 0 Å². The molecule has 1 amide bonds. The molecule has 0 bridgehead atoms. The molecule has 1 heterocycles. The number of hydrogen-bond donors (Lipinski definition) is 1. The zero-order valence-electron chi connectivity index (χ0n) is 16.3. The molecule has 0 saturated carbocycles. The van der Waals surface area contributed by atoms with E-state index in [0.717, 1.165) is 6.07 Å². The van der Waals surface area contributed by atoms with Gasteiger partial charge in [-0.05, 0) is 53.2 Å².